The standard InChI is InChI=1S/C14H20N2O4/c1-9(2)6-16-13(18)8-20-14-11(15)4-10(7-17)5-12(14)19-3/h4-5,7,9H,6,8,15H2,1-3H3,(H,16,18). The fraction of sp³-hybridized carbons (Fsp3) is 0.429. The highest BCUT2D eigenvalue weighted by Crippen LogP contribution is 2.34. The number of benzene rings is 1. The molecule has 1 aromatic rings. The minimum absolute atomic E-state index is 0.159. The smallest absolute Gasteiger partial charge is 0.257 e. The second-order valence-electron chi connectivity index (χ2n) is 4.75. The molecule has 6 nitrogen and oxygen atoms in total. The molecule has 20 heavy (non-hydrogen) atoms. The fourth-order valence-electron chi connectivity index (χ4n) is 1.53. The zero-order chi connectivity index (χ0) is 15.1. The molecular weight excluding hydrogens is 260 g/mol. The highest BCUT2D eigenvalue weighted by Gasteiger charge is 2.13. The van der Waals surface area contributed by atoms with E-state index in [1.165, 1.54) is 19.2 Å². The van der Waals surface area contributed by atoms with E-state index in [9.17, 15) is 9.59 Å². The molecule has 0 saturated heterocycles. The topological polar surface area (TPSA) is 90.7 Å². The molecule has 0 aliphatic carbocycles. The molecule has 0 heterocycles. The van der Waals surface area contributed by atoms with Gasteiger partial charge in [0.2, 0.25) is 0 Å². The molecule has 0 aromatic heterocycles. The van der Waals surface area contributed by atoms with Crippen LogP contribution >= 0.6 is 0 Å². The van der Waals surface area contributed by atoms with Gasteiger partial charge in [-0.05, 0) is 18.1 Å². The minimum atomic E-state index is -0.236. The van der Waals surface area contributed by atoms with E-state index >= 15 is 0 Å². The first-order valence-corrected chi connectivity index (χ1v) is 6.30. The van der Waals surface area contributed by atoms with Crippen LogP contribution in [0, 0.1) is 5.92 Å². The lowest BCUT2D eigenvalue weighted by atomic mass is 10.2. The summed E-state index contributed by atoms with van der Waals surface area (Å²) in [4.78, 5) is 22.3. The number of anilines is 1. The van der Waals surface area contributed by atoms with Gasteiger partial charge < -0.3 is 20.5 Å². The summed E-state index contributed by atoms with van der Waals surface area (Å²) in [6, 6.07) is 2.97. The zero-order valence-electron chi connectivity index (χ0n) is 11.9. The van der Waals surface area contributed by atoms with Gasteiger partial charge in [-0.2, -0.15) is 0 Å². The third kappa shape index (κ3) is 4.46. The van der Waals surface area contributed by atoms with Gasteiger partial charge in [0.05, 0.1) is 12.8 Å². The number of nitrogen functional groups attached to an aromatic ring is 1. The molecule has 6 heteroatoms. The van der Waals surface area contributed by atoms with E-state index in [1.54, 1.807) is 0 Å². The van der Waals surface area contributed by atoms with Crippen molar-refractivity contribution >= 4 is 17.9 Å². The number of methoxy groups -OCH3 is 1. The molecular formula is C14H20N2O4. The summed E-state index contributed by atoms with van der Waals surface area (Å²) in [5, 5.41) is 2.73. The van der Waals surface area contributed by atoms with Gasteiger partial charge in [-0.3, -0.25) is 9.59 Å². The van der Waals surface area contributed by atoms with Crippen LogP contribution in [0.1, 0.15) is 24.2 Å². The Morgan fingerprint density at radius 2 is 2.15 bits per heavy atom. The molecule has 0 saturated carbocycles. The van der Waals surface area contributed by atoms with E-state index in [4.69, 9.17) is 15.2 Å². The van der Waals surface area contributed by atoms with Crippen molar-refractivity contribution in [3.05, 3.63) is 17.7 Å². The van der Waals surface area contributed by atoms with E-state index in [0.29, 0.717) is 30.1 Å². The van der Waals surface area contributed by atoms with Crippen molar-refractivity contribution in [2.45, 2.75) is 13.8 Å². The lowest BCUT2D eigenvalue weighted by Crippen LogP contribution is -2.31. The SMILES string of the molecule is COc1cc(C=O)cc(N)c1OCC(=O)NCC(C)C. The van der Waals surface area contributed by atoms with Crippen LogP contribution in [0.3, 0.4) is 0 Å². The summed E-state index contributed by atoms with van der Waals surface area (Å²) in [6.07, 6.45) is 0.665. The van der Waals surface area contributed by atoms with E-state index in [0.717, 1.165) is 0 Å². The molecule has 0 atom stereocenters. The monoisotopic (exact) mass is 280 g/mol. The Kier molecular flexibility index (Phi) is 5.83. The summed E-state index contributed by atoms with van der Waals surface area (Å²) >= 11 is 0. The molecule has 0 spiro atoms. The van der Waals surface area contributed by atoms with Crippen molar-refractivity contribution in [3.8, 4) is 11.5 Å². The summed E-state index contributed by atoms with van der Waals surface area (Å²) < 4.78 is 10.5. The lowest BCUT2D eigenvalue weighted by molar-refractivity contribution is -0.123. The third-order valence-electron chi connectivity index (χ3n) is 2.52. The maximum atomic E-state index is 11.6. The van der Waals surface area contributed by atoms with Gasteiger partial charge in [-0.1, -0.05) is 13.8 Å². The van der Waals surface area contributed by atoms with Crippen LogP contribution in [0.2, 0.25) is 0 Å². The van der Waals surface area contributed by atoms with Crippen LogP contribution in [0.5, 0.6) is 11.5 Å². The highest BCUT2D eigenvalue weighted by atomic mass is 16.5. The highest BCUT2D eigenvalue weighted by molar-refractivity contribution is 5.81. The Hall–Kier alpha value is -2.24. The molecule has 1 aromatic carbocycles. The van der Waals surface area contributed by atoms with Gasteiger partial charge in [0.15, 0.2) is 18.1 Å². The number of hydrogen-bond acceptors (Lipinski definition) is 5. The number of amides is 1. The molecule has 0 aliphatic rings. The Morgan fingerprint density at radius 1 is 1.45 bits per heavy atom. The molecule has 0 fully saturated rings. The second kappa shape index (κ2) is 7.37. The van der Waals surface area contributed by atoms with Gasteiger partial charge in [-0.15, -0.1) is 0 Å². The van der Waals surface area contributed by atoms with Crippen LogP contribution in [-0.4, -0.2) is 32.5 Å². The molecule has 110 valence electrons. The van der Waals surface area contributed by atoms with Crippen molar-refractivity contribution in [1.82, 2.24) is 5.32 Å². The molecule has 3 N–H and O–H groups in total. The average molecular weight is 280 g/mol. The van der Waals surface area contributed by atoms with Crippen LogP contribution in [0.25, 0.3) is 0 Å². The number of aldehydes is 1. The van der Waals surface area contributed by atoms with Gasteiger partial charge in [0, 0.05) is 12.1 Å². The van der Waals surface area contributed by atoms with Crippen LogP contribution in [0.4, 0.5) is 5.69 Å². The van der Waals surface area contributed by atoms with Crippen molar-refractivity contribution in [1.29, 1.82) is 0 Å². The fourth-order valence-corrected chi connectivity index (χ4v) is 1.53. The van der Waals surface area contributed by atoms with Crippen molar-refractivity contribution < 1.29 is 19.1 Å². The maximum Gasteiger partial charge on any atom is 0.257 e. The summed E-state index contributed by atoms with van der Waals surface area (Å²) in [5.74, 6) is 0.714. The molecule has 0 aliphatic heterocycles. The Balaban J connectivity index is 2.72. The molecule has 0 unspecified atom stereocenters. The first-order chi connectivity index (χ1) is 9.47. The molecule has 1 rings (SSSR count). The first kappa shape index (κ1) is 15.8. The average Bonchev–Trinajstić information content (AvgIpc) is 2.42. The Morgan fingerprint density at radius 3 is 2.70 bits per heavy atom. The summed E-state index contributed by atoms with van der Waals surface area (Å²) in [5.41, 5.74) is 6.42. The van der Waals surface area contributed by atoms with Crippen molar-refractivity contribution in [3.63, 3.8) is 0 Å². The predicted octanol–water partition coefficient (Wildman–Crippen LogP) is 1.24. The quantitative estimate of drug-likeness (QED) is 0.579. The number of nitrogens with one attached hydrogen (secondary N) is 1. The summed E-state index contributed by atoms with van der Waals surface area (Å²) in [6.45, 7) is 4.42. The largest absolute Gasteiger partial charge is 0.493 e. The number of carbonyl (C=O) groups is 2. The van der Waals surface area contributed by atoms with Crippen LogP contribution in [-0.2, 0) is 4.79 Å². The number of hydrogen-bond donors (Lipinski definition) is 2. The Labute approximate surface area is 118 Å². The summed E-state index contributed by atoms with van der Waals surface area (Å²) in [7, 11) is 1.44. The van der Waals surface area contributed by atoms with Gasteiger partial charge in [0.25, 0.3) is 5.91 Å². The number of ether oxygens (including phenoxy) is 2. The first-order valence-electron chi connectivity index (χ1n) is 6.30. The normalized spacial score (nSPS) is 10.2. The molecule has 0 bridgehead atoms. The second-order valence-corrected chi connectivity index (χ2v) is 4.75. The zero-order valence-corrected chi connectivity index (χ0v) is 11.9. The minimum Gasteiger partial charge on any atom is -0.493 e. The lowest BCUT2D eigenvalue weighted by Gasteiger charge is -2.14. The van der Waals surface area contributed by atoms with E-state index in [2.05, 4.69) is 5.32 Å². The van der Waals surface area contributed by atoms with Crippen molar-refractivity contribution in [2.24, 2.45) is 5.92 Å². The van der Waals surface area contributed by atoms with Crippen LogP contribution in [0.15, 0.2) is 12.1 Å². The van der Waals surface area contributed by atoms with Gasteiger partial charge in [0.1, 0.15) is 6.29 Å². The predicted molar refractivity (Wildman–Crippen MR) is 76.1 cm³/mol. The molecule has 0 radical (unpaired) electrons. The number of nitrogens with two attached hydrogens (primary N) is 1. The van der Waals surface area contributed by atoms with Crippen molar-refractivity contribution in [2.75, 3.05) is 26.0 Å². The van der Waals surface area contributed by atoms with Crippen LogP contribution < -0.4 is 20.5 Å². The maximum absolute atomic E-state index is 11.6. The van der Waals surface area contributed by atoms with Gasteiger partial charge >= 0.3 is 0 Å². The molecule has 1 amide bonds. The Bertz CT molecular complexity index is 486. The van der Waals surface area contributed by atoms with Gasteiger partial charge in [-0.25, -0.2) is 0 Å². The van der Waals surface area contributed by atoms with E-state index < -0.39 is 0 Å². The number of rotatable bonds is 7. The number of carbonyl (C=O) groups excluding carboxylic acids is 2. The van der Waals surface area contributed by atoms with E-state index in [-0.39, 0.29) is 24.0 Å². The third-order valence-corrected chi connectivity index (χ3v) is 2.52. The van der Waals surface area contributed by atoms with E-state index in [1.807, 2.05) is 13.8 Å².